The minimum atomic E-state index is -0.547. The summed E-state index contributed by atoms with van der Waals surface area (Å²) in [5.41, 5.74) is 0.857. The Balaban J connectivity index is 1.89. The van der Waals surface area contributed by atoms with Gasteiger partial charge in [-0.25, -0.2) is 0 Å². The van der Waals surface area contributed by atoms with E-state index in [4.69, 9.17) is 21.7 Å². The van der Waals surface area contributed by atoms with E-state index in [9.17, 15) is 14.9 Å². The number of nitrogens with zero attached hydrogens (tertiary/aromatic N) is 3. The quantitative estimate of drug-likeness (QED) is 0.295. The third kappa shape index (κ3) is 4.46. The fourth-order valence-electron chi connectivity index (χ4n) is 2.41. The normalized spacial score (nSPS) is 14.0. The maximum absolute atomic E-state index is 11.7. The van der Waals surface area contributed by atoms with Crippen LogP contribution in [0.25, 0.3) is 0 Å². The van der Waals surface area contributed by atoms with E-state index in [-0.39, 0.29) is 35.3 Å². The first kappa shape index (κ1) is 19.8. The van der Waals surface area contributed by atoms with Gasteiger partial charge in [0, 0.05) is 0 Å². The van der Waals surface area contributed by atoms with Crippen molar-refractivity contribution in [2.75, 3.05) is 12.9 Å². The van der Waals surface area contributed by atoms with Gasteiger partial charge in [-0.15, -0.1) is 0 Å². The number of carbonyl (C=O) groups is 1. The van der Waals surface area contributed by atoms with E-state index < -0.39 is 4.92 Å². The number of rotatable bonds is 7. The van der Waals surface area contributed by atoms with Crippen LogP contribution in [-0.2, 0) is 11.4 Å². The van der Waals surface area contributed by atoms with Crippen molar-refractivity contribution < 1.29 is 19.2 Å². The zero-order valence-electron chi connectivity index (χ0n) is 14.7. The van der Waals surface area contributed by atoms with Gasteiger partial charge < -0.3 is 9.47 Å². The maximum atomic E-state index is 11.7. The molecule has 1 aliphatic rings. The summed E-state index contributed by atoms with van der Waals surface area (Å²) in [6.07, 6.45) is 1.22. The van der Waals surface area contributed by atoms with Crippen molar-refractivity contribution in [2.45, 2.75) is 6.61 Å². The van der Waals surface area contributed by atoms with Crippen LogP contribution in [0.3, 0.4) is 0 Å². The Morgan fingerprint density at radius 3 is 2.68 bits per heavy atom. The molecule has 0 unspecified atom stereocenters. The molecular formula is C18H15N3O5S2. The third-order valence-corrected chi connectivity index (χ3v) is 5.13. The highest BCUT2D eigenvalue weighted by Crippen LogP contribution is 2.34. The lowest BCUT2D eigenvalue weighted by molar-refractivity contribution is -0.385. The van der Waals surface area contributed by atoms with Crippen LogP contribution in [0, 0.1) is 10.1 Å². The molecule has 2 aromatic rings. The first-order valence-corrected chi connectivity index (χ1v) is 9.46. The highest BCUT2D eigenvalue weighted by atomic mass is 32.2. The molecular weight excluding hydrogens is 402 g/mol. The van der Waals surface area contributed by atoms with Gasteiger partial charge in [0.05, 0.1) is 35.6 Å². The van der Waals surface area contributed by atoms with Crippen LogP contribution in [0.4, 0.5) is 5.69 Å². The number of hydrogen-bond acceptors (Lipinski definition) is 8. The second kappa shape index (κ2) is 8.81. The number of thioether (sulfide) groups is 1. The lowest BCUT2D eigenvalue weighted by atomic mass is 10.1. The lowest BCUT2D eigenvalue weighted by Crippen LogP contribution is -2.22. The molecule has 144 valence electrons. The number of carbonyl (C=O) groups excluding carboxylic acids is 1. The van der Waals surface area contributed by atoms with Crippen molar-refractivity contribution in [1.29, 1.82) is 0 Å². The molecule has 1 aliphatic heterocycles. The molecule has 0 bridgehead atoms. The molecule has 0 spiro atoms. The Morgan fingerprint density at radius 2 is 2.07 bits per heavy atom. The van der Waals surface area contributed by atoms with Gasteiger partial charge in [-0.1, -0.05) is 54.3 Å². The molecule has 1 heterocycles. The standard InChI is InChI=1S/C18H15N3O5S2/c1-25-15-7-13(9-19-20-17(22)11-28-18(20)27)14(21(23)24)8-16(15)26-10-12-5-3-2-4-6-12/h2-9H,10-11H2,1H3/b19-9+. The summed E-state index contributed by atoms with van der Waals surface area (Å²) in [6.45, 7) is 0.232. The summed E-state index contributed by atoms with van der Waals surface area (Å²) >= 11 is 6.23. The van der Waals surface area contributed by atoms with Gasteiger partial charge in [0.15, 0.2) is 15.8 Å². The van der Waals surface area contributed by atoms with Crippen LogP contribution in [0.1, 0.15) is 11.1 Å². The zero-order chi connectivity index (χ0) is 20.1. The van der Waals surface area contributed by atoms with Crippen molar-refractivity contribution in [3.8, 4) is 11.5 Å². The molecule has 1 amide bonds. The topological polar surface area (TPSA) is 94.3 Å². The van der Waals surface area contributed by atoms with E-state index in [1.54, 1.807) is 0 Å². The van der Waals surface area contributed by atoms with E-state index in [0.29, 0.717) is 10.1 Å². The molecule has 1 saturated heterocycles. The summed E-state index contributed by atoms with van der Waals surface area (Å²) in [5, 5.41) is 16.6. The molecule has 10 heteroatoms. The van der Waals surface area contributed by atoms with Crippen molar-refractivity contribution in [3.05, 3.63) is 63.7 Å². The number of thiocarbonyl (C=S) groups is 1. The van der Waals surface area contributed by atoms with Gasteiger partial charge in [0.1, 0.15) is 6.61 Å². The number of nitro groups is 1. The number of ether oxygens (including phenoxy) is 2. The summed E-state index contributed by atoms with van der Waals surface area (Å²) in [5.74, 6) is 0.475. The fourth-order valence-corrected chi connectivity index (χ4v) is 3.38. The molecule has 1 fully saturated rings. The Morgan fingerprint density at radius 1 is 1.32 bits per heavy atom. The van der Waals surface area contributed by atoms with Gasteiger partial charge >= 0.3 is 0 Å². The van der Waals surface area contributed by atoms with Crippen LogP contribution in [-0.4, -0.2) is 39.2 Å². The summed E-state index contributed by atoms with van der Waals surface area (Å²) in [4.78, 5) is 22.7. The highest BCUT2D eigenvalue weighted by molar-refractivity contribution is 8.23. The number of nitro benzene ring substituents is 1. The molecule has 0 aromatic heterocycles. The minimum absolute atomic E-state index is 0.168. The molecule has 0 N–H and O–H groups in total. The molecule has 28 heavy (non-hydrogen) atoms. The lowest BCUT2D eigenvalue weighted by Gasteiger charge is -2.12. The van der Waals surface area contributed by atoms with Crippen LogP contribution in [0.15, 0.2) is 47.6 Å². The average molecular weight is 417 g/mol. The average Bonchev–Trinajstić information content (AvgIpc) is 3.02. The first-order chi connectivity index (χ1) is 13.5. The van der Waals surface area contributed by atoms with Gasteiger partial charge in [-0.2, -0.15) is 10.1 Å². The van der Waals surface area contributed by atoms with E-state index in [0.717, 1.165) is 10.6 Å². The van der Waals surface area contributed by atoms with Crippen LogP contribution < -0.4 is 9.47 Å². The van der Waals surface area contributed by atoms with Crippen LogP contribution in [0.2, 0.25) is 0 Å². The van der Waals surface area contributed by atoms with Gasteiger partial charge in [-0.05, 0) is 11.6 Å². The predicted octanol–water partition coefficient (Wildman–Crippen LogP) is 3.38. The van der Waals surface area contributed by atoms with Crippen molar-refractivity contribution in [1.82, 2.24) is 5.01 Å². The van der Waals surface area contributed by atoms with Gasteiger partial charge in [-0.3, -0.25) is 14.9 Å². The van der Waals surface area contributed by atoms with Gasteiger partial charge in [0.2, 0.25) is 0 Å². The number of benzene rings is 2. The van der Waals surface area contributed by atoms with E-state index in [2.05, 4.69) is 5.10 Å². The summed E-state index contributed by atoms with van der Waals surface area (Å²) in [7, 11) is 1.44. The molecule has 0 radical (unpaired) electrons. The van der Waals surface area contributed by atoms with E-state index >= 15 is 0 Å². The predicted molar refractivity (Wildman–Crippen MR) is 110 cm³/mol. The Hall–Kier alpha value is -2.98. The Kier molecular flexibility index (Phi) is 6.22. The van der Waals surface area contributed by atoms with Crippen molar-refractivity contribution in [3.63, 3.8) is 0 Å². The largest absolute Gasteiger partial charge is 0.493 e. The first-order valence-electron chi connectivity index (χ1n) is 8.06. The Labute approximate surface area is 170 Å². The second-order valence-electron chi connectivity index (χ2n) is 5.60. The number of amides is 1. The molecule has 0 aliphatic carbocycles. The number of methoxy groups -OCH3 is 1. The van der Waals surface area contributed by atoms with E-state index in [1.165, 1.54) is 37.2 Å². The molecule has 0 saturated carbocycles. The van der Waals surface area contributed by atoms with Crippen molar-refractivity contribution in [2.24, 2.45) is 5.10 Å². The third-order valence-electron chi connectivity index (χ3n) is 3.79. The molecule has 0 atom stereocenters. The monoisotopic (exact) mass is 417 g/mol. The van der Waals surface area contributed by atoms with Crippen molar-refractivity contribution >= 4 is 46.1 Å². The Bertz CT molecular complexity index is 934. The smallest absolute Gasteiger partial charge is 0.282 e. The van der Waals surface area contributed by atoms with Crippen LogP contribution in [0.5, 0.6) is 11.5 Å². The zero-order valence-corrected chi connectivity index (χ0v) is 16.4. The molecule has 8 nitrogen and oxygen atoms in total. The summed E-state index contributed by atoms with van der Waals surface area (Å²) in [6, 6.07) is 12.1. The molecule has 2 aromatic carbocycles. The van der Waals surface area contributed by atoms with E-state index in [1.807, 2.05) is 30.3 Å². The van der Waals surface area contributed by atoms with Gasteiger partial charge in [0.25, 0.3) is 11.6 Å². The summed E-state index contributed by atoms with van der Waals surface area (Å²) < 4.78 is 11.3. The SMILES string of the molecule is COc1cc(/C=N/N2C(=O)CSC2=S)c([N+](=O)[O-])cc1OCc1ccccc1. The number of hydrogen-bond donors (Lipinski definition) is 0. The minimum Gasteiger partial charge on any atom is -0.493 e. The maximum Gasteiger partial charge on any atom is 0.282 e. The number of hydrazone groups is 1. The highest BCUT2D eigenvalue weighted by Gasteiger charge is 2.26. The van der Waals surface area contributed by atoms with Crippen LogP contribution >= 0.6 is 24.0 Å². The molecule has 3 rings (SSSR count). The second-order valence-corrected chi connectivity index (χ2v) is 7.21. The fraction of sp³-hybridized carbons (Fsp3) is 0.167.